The van der Waals surface area contributed by atoms with E-state index in [0.717, 1.165) is 12.2 Å². The normalized spacial score (nSPS) is 11.5. The number of pyridine rings is 1. The minimum atomic E-state index is -0.135. The van der Waals surface area contributed by atoms with Gasteiger partial charge in [-0.15, -0.1) is 0 Å². The van der Waals surface area contributed by atoms with E-state index in [2.05, 4.69) is 10.3 Å². The summed E-state index contributed by atoms with van der Waals surface area (Å²) in [7, 11) is 3.64. The quantitative estimate of drug-likeness (QED) is 0.863. The number of hydrogen-bond donors (Lipinski definition) is 1. The van der Waals surface area contributed by atoms with Crippen LogP contribution in [-0.4, -0.2) is 43.0 Å². The second kappa shape index (κ2) is 6.35. The van der Waals surface area contributed by atoms with Gasteiger partial charge in [0.1, 0.15) is 5.15 Å². The Kier molecular flexibility index (Phi) is 5.32. The van der Waals surface area contributed by atoms with Crippen LogP contribution in [0.4, 0.5) is 0 Å². The number of amides is 1. The molecule has 1 aromatic rings. The lowest BCUT2D eigenvalue weighted by molar-refractivity contribution is 0.0796. The highest BCUT2D eigenvalue weighted by molar-refractivity contribution is 6.29. The molecule has 0 unspecified atom stereocenters. The van der Waals surface area contributed by atoms with E-state index < -0.39 is 0 Å². The van der Waals surface area contributed by atoms with Gasteiger partial charge in [0.05, 0.1) is 0 Å². The molecule has 1 aromatic heterocycles. The predicted molar refractivity (Wildman–Crippen MR) is 78.8 cm³/mol. The Balaban J connectivity index is 3.00. The van der Waals surface area contributed by atoms with Crippen LogP contribution >= 0.6 is 11.6 Å². The molecule has 0 saturated carbocycles. The topological polar surface area (TPSA) is 45.2 Å². The van der Waals surface area contributed by atoms with Crippen LogP contribution in [0.15, 0.2) is 12.1 Å². The summed E-state index contributed by atoms with van der Waals surface area (Å²) < 4.78 is 0. The van der Waals surface area contributed by atoms with Gasteiger partial charge in [-0.2, -0.15) is 0 Å². The molecular formula is C14H22ClN3O. The summed E-state index contributed by atoms with van der Waals surface area (Å²) in [5.41, 5.74) is 1.28. The highest BCUT2D eigenvalue weighted by Gasteiger charge is 2.20. The molecule has 1 rings (SSSR count). The van der Waals surface area contributed by atoms with E-state index in [9.17, 15) is 4.79 Å². The van der Waals surface area contributed by atoms with Crippen molar-refractivity contribution < 1.29 is 4.79 Å². The Morgan fingerprint density at radius 2 is 2.05 bits per heavy atom. The van der Waals surface area contributed by atoms with Crippen molar-refractivity contribution in [1.29, 1.82) is 0 Å². The lowest BCUT2D eigenvalue weighted by Gasteiger charge is -2.21. The number of nitrogens with one attached hydrogen (secondary N) is 1. The van der Waals surface area contributed by atoms with Crippen molar-refractivity contribution in [3.8, 4) is 0 Å². The van der Waals surface area contributed by atoms with Crippen molar-refractivity contribution in [2.45, 2.75) is 26.2 Å². The van der Waals surface area contributed by atoms with Crippen LogP contribution in [0, 0.1) is 0 Å². The van der Waals surface area contributed by atoms with Crippen LogP contribution in [0.2, 0.25) is 5.15 Å². The van der Waals surface area contributed by atoms with E-state index in [0.29, 0.717) is 17.3 Å². The van der Waals surface area contributed by atoms with Crippen molar-refractivity contribution in [2.24, 2.45) is 0 Å². The number of carbonyl (C=O) groups excluding carboxylic acids is 1. The molecule has 1 heterocycles. The van der Waals surface area contributed by atoms with E-state index >= 15 is 0 Å². The molecule has 0 saturated heterocycles. The third-order valence-corrected chi connectivity index (χ3v) is 3.05. The van der Waals surface area contributed by atoms with Crippen molar-refractivity contribution in [3.05, 3.63) is 28.5 Å². The molecule has 0 aromatic carbocycles. The third kappa shape index (κ3) is 4.48. The van der Waals surface area contributed by atoms with Gasteiger partial charge < -0.3 is 10.2 Å². The zero-order valence-corrected chi connectivity index (χ0v) is 13.0. The molecular weight excluding hydrogens is 262 g/mol. The molecule has 4 nitrogen and oxygen atoms in total. The summed E-state index contributed by atoms with van der Waals surface area (Å²) in [6.07, 6.45) is 0. The molecule has 0 bridgehead atoms. The van der Waals surface area contributed by atoms with E-state index in [-0.39, 0.29) is 11.3 Å². The highest BCUT2D eigenvalue weighted by Crippen LogP contribution is 2.23. The number of nitrogens with zero attached hydrogens (tertiary/aromatic N) is 2. The van der Waals surface area contributed by atoms with Gasteiger partial charge in [0, 0.05) is 36.8 Å². The van der Waals surface area contributed by atoms with Gasteiger partial charge in [0.15, 0.2) is 0 Å². The number of likely N-dealkylation sites (N-methyl/N-ethyl adjacent to an activating group) is 2. The average molecular weight is 284 g/mol. The smallest absolute Gasteiger partial charge is 0.253 e. The second-order valence-electron chi connectivity index (χ2n) is 5.64. The zero-order chi connectivity index (χ0) is 14.6. The first-order chi connectivity index (χ1) is 8.75. The maximum atomic E-state index is 12.3. The molecule has 106 valence electrons. The Morgan fingerprint density at radius 1 is 1.42 bits per heavy atom. The molecule has 0 aliphatic carbocycles. The van der Waals surface area contributed by atoms with E-state index in [1.807, 2.05) is 33.9 Å². The van der Waals surface area contributed by atoms with E-state index in [4.69, 9.17) is 11.6 Å². The molecule has 0 aliphatic rings. The largest absolute Gasteiger partial charge is 0.340 e. The molecule has 1 amide bonds. The fourth-order valence-corrected chi connectivity index (χ4v) is 1.81. The summed E-state index contributed by atoms with van der Waals surface area (Å²) in [6.45, 7) is 7.55. The lowest BCUT2D eigenvalue weighted by Crippen LogP contribution is -2.33. The first-order valence-electron chi connectivity index (χ1n) is 6.34. The average Bonchev–Trinajstić information content (AvgIpc) is 2.33. The van der Waals surface area contributed by atoms with Gasteiger partial charge in [0.2, 0.25) is 0 Å². The highest BCUT2D eigenvalue weighted by atomic mass is 35.5. The molecule has 1 N–H and O–H groups in total. The van der Waals surface area contributed by atoms with Crippen molar-refractivity contribution in [3.63, 3.8) is 0 Å². The van der Waals surface area contributed by atoms with Crippen LogP contribution in [0.1, 0.15) is 36.8 Å². The molecule has 19 heavy (non-hydrogen) atoms. The second-order valence-corrected chi connectivity index (χ2v) is 6.03. The number of carbonyl (C=O) groups is 1. The SMILES string of the molecule is CNCCN(C)C(=O)c1cc(Cl)nc(C(C)(C)C)c1. The molecule has 0 fully saturated rings. The monoisotopic (exact) mass is 283 g/mol. The maximum Gasteiger partial charge on any atom is 0.253 e. The zero-order valence-electron chi connectivity index (χ0n) is 12.2. The van der Waals surface area contributed by atoms with Gasteiger partial charge in [-0.05, 0) is 19.2 Å². The van der Waals surface area contributed by atoms with Gasteiger partial charge in [-0.1, -0.05) is 32.4 Å². The van der Waals surface area contributed by atoms with Crippen LogP contribution < -0.4 is 5.32 Å². The van der Waals surface area contributed by atoms with Crippen LogP contribution in [0.25, 0.3) is 0 Å². The van der Waals surface area contributed by atoms with Crippen molar-refractivity contribution >= 4 is 17.5 Å². The van der Waals surface area contributed by atoms with Crippen LogP contribution in [0.3, 0.4) is 0 Å². The molecule has 0 radical (unpaired) electrons. The fourth-order valence-electron chi connectivity index (χ4n) is 1.61. The predicted octanol–water partition coefficient (Wildman–Crippen LogP) is 2.32. The summed E-state index contributed by atoms with van der Waals surface area (Å²) in [6, 6.07) is 3.44. The molecule has 0 aliphatic heterocycles. The molecule has 0 atom stereocenters. The minimum absolute atomic E-state index is 0.0370. The van der Waals surface area contributed by atoms with Gasteiger partial charge >= 0.3 is 0 Å². The maximum absolute atomic E-state index is 12.3. The number of aromatic nitrogens is 1. The summed E-state index contributed by atoms with van der Waals surface area (Å²) >= 11 is 6.01. The fraction of sp³-hybridized carbons (Fsp3) is 0.571. The number of hydrogen-bond acceptors (Lipinski definition) is 3. The molecule has 5 heteroatoms. The Labute approximate surface area is 120 Å². The molecule has 0 spiro atoms. The minimum Gasteiger partial charge on any atom is -0.340 e. The standard InChI is InChI=1S/C14H22ClN3O/c1-14(2,3)11-8-10(9-12(15)17-11)13(19)18(5)7-6-16-4/h8-9,16H,6-7H2,1-5H3. The van der Waals surface area contributed by atoms with Gasteiger partial charge in [-0.3, -0.25) is 4.79 Å². The Morgan fingerprint density at radius 3 is 2.58 bits per heavy atom. The Bertz CT molecular complexity index is 454. The first kappa shape index (κ1) is 15.9. The van der Waals surface area contributed by atoms with Crippen molar-refractivity contribution in [1.82, 2.24) is 15.2 Å². The number of rotatable bonds is 4. The van der Waals surface area contributed by atoms with Gasteiger partial charge in [0.25, 0.3) is 5.91 Å². The van der Waals surface area contributed by atoms with Gasteiger partial charge in [-0.25, -0.2) is 4.98 Å². The lowest BCUT2D eigenvalue weighted by atomic mass is 9.91. The first-order valence-corrected chi connectivity index (χ1v) is 6.71. The number of halogens is 1. The van der Waals surface area contributed by atoms with Crippen LogP contribution in [-0.2, 0) is 5.41 Å². The summed E-state index contributed by atoms with van der Waals surface area (Å²) in [5, 5.41) is 3.38. The van der Waals surface area contributed by atoms with Crippen molar-refractivity contribution in [2.75, 3.05) is 27.2 Å². The third-order valence-electron chi connectivity index (χ3n) is 2.85. The summed E-state index contributed by atoms with van der Waals surface area (Å²) in [5.74, 6) is -0.0370. The Hall–Kier alpha value is -1.13. The summed E-state index contributed by atoms with van der Waals surface area (Å²) in [4.78, 5) is 18.3. The van der Waals surface area contributed by atoms with E-state index in [1.54, 1.807) is 18.0 Å². The van der Waals surface area contributed by atoms with Crippen LogP contribution in [0.5, 0.6) is 0 Å². The van der Waals surface area contributed by atoms with E-state index in [1.165, 1.54) is 0 Å².